The van der Waals surface area contributed by atoms with E-state index in [-0.39, 0.29) is 0 Å². The third-order valence-corrected chi connectivity index (χ3v) is 3.87. The van der Waals surface area contributed by atoms with Crippen LogP contribution < -0.4 is 0 Å². The molecule has 2 aliphatic rings. The van der Waals surface area contributed by atoms with E-state index in [0.29, 0.717) is 12.0 Å². The Hall–Kier alpha value is -0.570. The predicted octanol–water partition coefficient (Wildman–Crippen LogP) is 1.79. The number of nitrogens with one attached hydrogen (secondary N) is 1. The second-order valence-corrected chi connectivity index (χ2v) is 5.19. The summed E-state index contributed by atoms with van der Waals surface area (Å²) < 4.78 is 0. The first-order valence-electron chi connectivity index (χ1n) is 6.21. The number of hydrogen-bond acceptors (Lipinski definition) is 2. The molecule has 0 radical (unpaired) electrons. The fourth-order valence-corrected chi connectivity index (χ4v) is 3.02. The zero-order chi connectivity index (χ0) is 10.8. The van der Waals surface area contributed by atoms with Crippen LogP contribution in [-0.4, -0.2) is 48.4 Å². The molecule has 0 amide bonds. The Morgan fingerprint density at radius 1 is 1.27 bits per heavy atom. The van der Waals surface area contributed by atoms with Crippen LogP contribution in [0.5, 0.6) is 0 Å². The van der Waals surface area contributed by atoms with Gasteiger partial charge in [-0.2, -0.15) is 0 Å². The molecule has 2 fully saturated rings. The molecule has 15 heavy (non-hydrogen) atoms. The molecule has 0 aromatic rings. The number of rotatable bonds is 1. The molecule has 3 heteroatoms. The SMILES string of the molecule is CC1CN(C)CCC1N1CCCCC1=N. The minimum Gasteiger partial charge on any atom is -0.357 e. The van der Waals surface area contributed by atoms with Crippen molar-refractivity contribution in [3.63, 3.8) is 0 Å². The van der Waals surface area contributed by atoms with Crippen molar-refractivity contribution in [2.75, 3.05) is 26.7 Å². The van der Waals surface area contributed by atoms with Crippen molar-refractivity contribution in [1.82, 2.24) is 9.80 Å². The number of likely N-dealkylation sites (tertiary alicyclic amines) is 2. The molecule has 2 atom stereocenters. The molecule has 86 valence electrons. The highest BCUT2D eigenvalue weighted by atomic mass is 15.2. The number of hydrogen-bond donors (Lipinski definition) is 1. The molecule has 2 unspecified atom stereocenters. The van der Waals surface area contributed by atoms with Crippen molar-refractivity contribution in [3.8, 4) is 0 Å². The predicted molar refractivity (Wildman–Crippen MR) is 63.3 cm³/mol. The highest BCUT2D eigenvalue weighted by Gasteiger charge is 2.31. The van der Waals surface area contributed by atoms with Gasteiger partial charge in [-0.25, -0.2) is 0 Å². The summed E-state index contributed by atoms with van der Waals surface area (Å²) >= 11 is 0. The van der Waals surface area contributed by atoms with Crippen molar-refractivity contribution in [2.45, 2.75) is 38.6 Å². The first-order valence-corrected chi connectivity index (χ1v) is 6.21. The third-order valence-electron chi connectivity index (χ3n) is 3.87. The molecule has 2 saturated heterocycles. The Morgan fingerprint density at radius 3 is 2.73 bits per heavy atom. The molecule has 2 aliphatic heterocycles. The van der Waals surface area contributed by atoms with Crippen LogP contribution in [-0.2, 0) is 0 Å². The fourth-order valence-electron chi connectivity index (χ4n) is 3.02. The van der Waals surface area contributed by atoms with Gasteiger partial charge < -0.3 is 9.80 Å². The molecule has 2 heterocycles. The lowest BCUT2D eigenvalue weighted by Gasteiger charge is -2.44. The van der Waals surface area contributed by atoms with Crippen LogP contribution in [0.3, 0.4) is 0 Å². The Balaban J connectivity index is 1.99. The lowest BCUT2D eigenvalue weighted by molar-refractivity contribution is 0.113. The van der Waals surface area contributed by atoms with Gasteiger partial charge in [0.1, 0.15) is 0 Å². The molecule has 1 N–H and O–H groups in total. The van der Waals surface area contributed by atoms with Gasteiger partial charge in [0.2, 0.25) is 0 Å². The largest absolute Gasteiger partial charge is 0.357 e. The van der Waals surface area contributed by atoms with Crippen LogP contribution in [0.4, 0.5) is 0 Å². The van der Waals surface area contributed by atoms with Gasteiger partial charge in [0, 0.05) is 25.6 Å². The standard InChI is InChI=1S/C12H23N3/c1-10-9-14(2)8-6-11(10)15-7-4-3-5-12(15)13/h10-11,13H,3-9H2,1-2H3. The fraction of sp³-hybridized carbons (Fsp3) is 0.917. The van der Waals surface area contributed by atoms with E-state index < -0.39 is 0 Å². The van der Waals surface area contributed by atoms with Gasteiger partial charge in [-0.05, 0) is 38.8 Å². The zero-order valence-electron chi connectivity index (χ0n) is 10.00. The summed E-state index contributed by atoms with van der Waals surface area (Å²) in [6, 6.07) is 0.633. The molecular weight excluding hydrogens is 186 g/mol. The van der Waals surface area contributed by atoms with Crippen LogP contribution >= 0.6 is 0 Å². The van der Waals surface area contributed by atoms with Gasteiger partial charge in [-0.1, -0.05) is 6.92 Å². The minimum atomic E-state index is 0.633. The van der Waals surface area contributed by atoms with Crippen molar-refractivity contribution >= 4 is 5.84 Å². The maximum absolute atomic E-state index is 8.03. The molecule has 0 bridgehead atoms. The molecule has 0 spiro atoms. The second-order valence-electron chi connectivity index (χ2n) is 5.19. The van der Waals surface area contributed by atoms with E-state index in [1.165, 1.54) is 32.4 Å². The first-order chi connectivity index (χ1) is 7.18. The lowest BCUT2D eigenvalue weighted by Crippen LogP contribution is -2.52. The van der Waals surface area contributed by atoms with E-state index in [1.807, 2.05) is 0 Å². The summed E-state index contributed by atoms with van der Waals surface area (Å²) in [6.45, 7) is 5.84. The summed E-state index contributed by atoms with van der Waals surface area (Å²) in [4.78, 5) is 4.79. The first kappa shape index (κ1) is 10.9. The Morgan fingerprint density at radius 2 is 2.07 bits per heavy atom. The molecule has 2 rings (SSSR count). The lowest BCUT2D eigenvalue weighted by atomic mass is 9.91. The van der Waals surface area contributed by atoms with Crippen molar-refractivity contribution in [1.29, 1.82) is 5.41 Å². The molecule has 0 aromatic heterocycles. The number of nitrogens with zero attached hydrogens (tertiary/aromatic N) is 2. The summed E-state index contributed by atoms with van der Waals surface area (Å²) in [5.41, 5.74) is 0. The summed E-state index contributed by atoms with van der Waals surface area (Å²) in [7, 11) is 2.20. The van der Waals surface area contributed by atoms with Crippen molar-refractivity contribution < 1.29 is 0 Å². The van der Waals surface area contributed by atoms with Crippen LogP contribution in [0.2, 0.25) is 0 Å². The Kier molecular flexibility index (Phi) is 3.29. The quantitative estimate of drug-likeness (QED) is 0.713. The van der Waals surface area contributed by atoms with Gasteiger partial charge in [0.25, 0.3) is 0 Å². The normalized spacial score (nSPS) is 34.5. The minimum absolute atomic E-state index is 0.633. The van der Waals surface area contributed by atoms with E-state index in [1.54, 1.807) is 0 Å². The van der Waals surface area contributed by atoms with Gasteiger partial charge in [0.05, 0.1) is 5.84 Å². The Labute approximate surface area is 92.9 Å². The summed E-state index contributed by atoms with van der Waals surface area (Å²) in [6.07, 6.45) is 4.73. The maximum atomic E-state index is 8.03. The van der Waals surface area contributed by atoms with Gasteiger partial charge >= 0.3 is 0 Å². The third kappa shape index (κ3) is 2.33. The van der Waals surface area contributed by atoms with Crippen LogP contribution in [0.25, 0.3) is 0 Å². The zero-order valence-corrected chi connectivity index (χ0v) is 10.00. The van der Waals surface area contributed by atoms with E-state index >= 15 is 0 Å². The van der Waals surface area contributed by atoms with Crippen molar-refractivity contribution in [2.24, 2.45) is 5.92 Å². The van der Waals surface area contributed by atoms with Gasteiger partial charge in [0.15, 0.2) is 0 Å². The molecule has 0 aromatic carbocycles. The van der Waals surface area contributed by atoms with Crippen LogP contribution in [0.1, 0.15) is 32.6 Å². The Bertz CT molecular complexity index is 239. The molecule has 0 aliphatic carbocycles. The van der Waals surface area contributed by atoms with E-state index in [9.17, 15) is 0 Å². The highest BCUT2D eigenvalue weighted by molar-refractivity contribution is 5.80. The topological polar surface area (TPSA) is 30.3 Å². The average Bonchev–Trinajstić information content (AvgIpc) is 2.20. The maximum Gasteiger partial charge on any atom is 0.0960 e. The summed E-state index contributed by atoms with van der Waals surface area (Å²) in [5.74, 6) is 1.60. The van der Waals surface area contributed by atoms with Crippen LogP contribution in [0, 0.1) is 11.3 Å². The van der Waals surface area contributed by atoms with Crippen LogP contribution in [0.15, 0.2) is 0 Å². The van der Waals surface area contributed by atoms with E-state index in [4.69, 9.17) is 5.41 Å². The van der Waals surface area contributed by atoms with E-state index in [0.717, 1.165) is 18.8 Å². The van der Waals surface area contributed by atoms with E-state index in [2.05, 4.69) is 23.8 Å². The highest BCUT2D eigenvalue weighted by Crippen LogP contribution is 2.25. The molecule has 0 saturated carbocycles. The second kappa shape index (κ2) is 4.52. The monoisotopic (exact) mass is 209 g/mol. The molecule has 3 nitrogen and oxygen atoms in total. The van der Waals surface area contributed by atoms with Gasteiger partial charge in [-0.15, -0.1) is 0 Å². The number of piperidine rings is 2. The van der Waals surface area contributed by atoms with Gasteiger partial charge in [-0.3, -0.25) is 5.41 Å². The smallest absolute Gasteiger partial charge is 0.0960 e. The molecular formula is C12H23N3. The average molecular weight is 209 g/mol. The summed E-state index contributed by atoms with van der Waals surface area (Å²) in [5, 5.41) is 8.03. The van der Waals surface area contributed by atoms with Crippen molar-refractivity contribution in [3.05, 3.63) is 0 Å². The number of amidine groups is 1.